The largest absolute Gasteiger partial charge is 0.383 e. The van der Waals surface area contributed by atoms with Crippen LogP contribution in [0, 0.1) is 6.92 Å². The van der Waals surface area contributed by atoms with Crippen molar-refractivity contribution in [3.05, 3.63) is 29.0 Å². The van der Waals surface area contributed by atoms with Crippen molar-refractivity contribution in [3.8, 4) is 0 Å². The maximum atomic E-state index is 5.72. The second-order valence-corrected chi connectivity index (χ2v) is 3.18. The predicted octanol–water partition coefficient (Wildman–Crippen LogP) is 2.17. The molecule has 1 aromatic heterocycles. The van der Waals surface area contributed by atoms with Crippen LogP contribution in [0.4, 0.5) is 5.82 Å². The van der Waals surface area contributed by atoms with Gasteiger partial charge >= 0.3 is 0 Å². The normalized spacial score (nSPS) is 10.6. The van der Waals surface area contributed by atoms with Gasteiger partial charge in [-0.1, -0.05) is 12.1 Å². The van der Waals surface area contributed by atoms with Gasteiger partial charge in [0.1, 0.15) is 5.82 Å². The molecule has 0 fully saturated rings. The number of benzene rings is 1. The van der Waals surface area contributed by atoms with Crippen LogP contribution in [0.1, 0.15) is 5.56 Å². The Labute approximate surface area is 80.6 Å². The second kappa shape index (κ2) is 2.85. The highest BCUT2D eigenvalue weighted by Gasteiger charge is 2.04. The predicted molar refractivity (Wildman–Crippen MR) is 53.7 cm³/mol. The molecular weight excluding hydrogens is 186 g/mol. The molecule has 0 spiro atoms. The Kier molecular flexibility index (Phi) is 1.81. The van der Waals surface area contributed by atoms with Gasteiger partial charge in [-0.25, -0.2) is 9.97 Å². The van der Waals surface area contributed by atoms with E-state index >= 15 is 0 Å². The Morgan fingerprint density at radius 2 is 2.08 bits per heavy atom. The third kappa shape index (κ3) is 1.31. The van der Waals surface area contributed by atoms with Crippen LogP contribution in [0.2, 0.25) is 5.28 Å². The van der Waals surface area contributed by atoms with Crippen LogP contribution in [-0.4, -0.2) is 9.97 Å². The number of halogens is 1. The Balaban J connectivity index is 2.94. The lowest BCUT2D eigenvalue weighted by Crippen LogP contribution is -1.96. The molecule has 4 heteroatoms. The Hall–Kier alpha value is -1.35. The Bertz CT molecular complexity index is 468. The van der Waals surface area contributed by atoms with E-state index in [4.69, 9.17) is 17.3 Å². The molecule has 0 aliphatic heterocycles. The molecule has 0 aliphatic carbocycles. The molecule has 1 heterocycles. The van der Waals surface area contributed by atoms with E-state index in [1.54, 1.807) is 0 Å². The van der Waals surface area contributed by atoms with E-state index in [9.17, 15) is 0 Å². The van der Waals surface area contributed by atoms with E-state index in [1.165, 1.54) is 0 Å². The van der Waals surface area contributed by atoms with E-state index in [0.717, 1.165) is 16.5 Å². The summed E-state index contributed by atoms with van der Waals surface area (Å²) >= 11 is 5.67. The highest BCUT2D eigenvalue weighted by Crippen LogP contribution is 2.22. The van der Waals surface area contributed by atoms with Gasteiger partial charge in [-0.3, -0.25) is 0 Å². The molecule has 0 unspecified atom stereocenters. The average Bonchev–Trinajstić information content (AvgIpc) is 2.02. The molecule has 0 amide bonds. The van der Waals surface area contributed by atoms with Crippen LogP contribution in [0.15, 0.2) is 18.2 Å². The standard InChI is InChI=1S/C9H8ClN3/c1-5-3-2-4-6-7(5)8(11)13-9(10)12-6/h2-4H,1H3,(H2,11,12,13). The minimum atomic E-state index is 0.190. The van der Waals surface area contributed by atoms with Crippen molar-refractivity contribution in [2.24, 2.45) is 0 Å². The van der Waals surface area contributed by atoms with Crippen LogP contribution < -0.4 is 5.73 Å². The van der Waals surface area contributed by atoms with Gasteiger partial charge in [0.15, 0.2) is 0 Å². The smallest absolute Gasteiger partial charge is 0.224 e. The first-order chi connectivity index (χ1) is 6.18. The fourth-order valence-electron chi connectivity index (χ4n) is 1.36. The quantitative estimate of drug-likeness (QED) is 0.653. The number of anilines is 1. The monoisotopic (exact) mass is 193 g/mol. The Morgan fingerprint density at radius 1 is 1.31 bits per heavy atom. The molecule has 0 radical (unpaired) electrons. The molecule has 0 saturated heterocycles. The third-order valence-corrected chi connectivity index (χ3v) is 2.10. The molecule has 66 valence electrons. The zero-order valence-electron chi connectivity index (χ0n) is 7.08. The van der Waals surface area contributed by atoms with E-state index < -0.39 is 0 Å². The van der Waals surface area contributed by atoms with Gasteiger partial charge in [0.25, 0.3) is 0 Å². The van der Waals surface area contributed by atoms with Crippen LogP contribution in [-0.2, 0) is 0 Å². The summed E-state index contributed by atoms with van der Waals surface area (Å²) in [5.41, 5.74) is 7.57. The summed E-state index contributed by atoms with van der Waals surface area (Å²) < 4.78 is 0. The van der Waals surface area contributed by atoms with E-state index in [-0.39, 0.29) is 5.28 Å². The zero-order chi connectivity index (χ0) is 9.42. The minimum Gasteiger partial charge on any atom is -0.383 e. The maximum Gasteiger partial charge on any atom is 0.224 e. The summed E-state index contributed by atoms with van der Waals surface area (Å²) in [5, 5.41) is 1.07. The average molecular weight is 194 g/mol. The summed E-state index contributed by atoms with van der Waals surface area (Å²) in [6.45, 7) is 1.97. The van der Waals surface area contributed by atoms with Crippen molar-refractivity contribution in [2.75, 3.05) is 5.73 Å². The molecule has 2 aromatic rings. The number of fused-ring (bicyclic) bond motifs is 1. The highest BCUT2D eigenvalue weighted by atomic mass is 35.5. The first-order valence-corrected chi connectivity index (χ1v) is 4.24. The molecule has 2 N–H and O–H groups in total. The molecule has 0 aliphatic rings. The van der Waals surface area contributed by atoms with Crippen LogP contribution in [0.25, 0.3) is 10.9 Å². The molecule has 13 heavy (non-hydrogen) atoms. The number of aromatic nitrogens is 2. The van der Waals surface area contributed by atoms with E-state index in [0.29, 0.717) is 5.82 Å². The van der Waals surface area contributed by atoms with Gasteiger partial charge in [0.05, 0.1) is 5.52 Å². The molecular formula is C9H8ClN3. The first-order valence-electron chi connectivity index (χ1n) is 3.87. The number of rotatable bonds is 0. The summed E-state index contributed by atoms with van der Waals surface area (Å²) in [4.78, 5) is 7.97. The third-order valence-electron chi connectivity index (χ3n) is 1.93. The van der Waals surface area contributed by atoms with Crippen molar-refractivity contribution >= 4 is 28.3 Å². The maximum absolute atomic E-state index is 5.72. The SMILES string of the molecule is Cc1cccc2nc(Cl)nc(N)c12. The summed E-state index contributed by atoms with van der Waals surface area (Å²) in [6, 6.07) is 5.75. The topological polar surface area (TPSA) is 51.8 Å². The number of hydrogen-bond acceptors (Lipinski definition) is 3. The number of nitrogens with two attached hydrogens (primary N) is 1. The lowest BCUT2D eigenvalue weighted by Gasteiger charge is -2.03. The lowest BCUT2D eigenvalue weighted by molar-refractivity contribution is 1.22. The van der Waals surface area contributed by atoms with Crippen molar-refractivity contribution in [1.29, 1.82) is 0 Å². The van der Waals surface area contributed by atoms with Crippen LogP contribution >= 0.6 is 11.6 Å². The molecule has 0 atom stereocenters. The fourth-order valence-corrected chi connectivity index (χ4v) is 1.54. The van der Waals surface area contributed by atoms with E-state index in [1.807, 2.05) is 25.1 Å². The van der Waals surface area contributed by atoms with Crippen molar-refractivity contribution < 1.29 is 0 Å². The van der Waals surface area contributed by atoms with Crippen molar-refractivity contribution in [3.63, 3.8) is 0 Å². The molecule has 1 aromatic carbocycles. The van der Waals surface area contributed by atoms with Crippen LogP contribution in [0.5, 0.6) is 0 Å². The summed E-state index contributed by atoms with van der Waals surface area (Å²) in [6.07, 6.45) is 0. The van der Waals surface area contributed by atoms with Crippen molar-refractivity contribution in [2.45, 2.75) is 6.92 Å². The second-order valence-electron chi connectivity index (χ2n) is 2.85. The van der Waals surface area contributed by atoms with Crippen molar-refractivity contribution in [1.82, 2.24) is 9.97 Å². The molecule has 0 bridgehead atoms. The first kappa shape index (κ1) is 8.26. The number of nitrogen functional groups attached to an aromatic ring is 1. The molecule has 0 saturated carbocycles. The van der Waals surface area contributed by atoms with Crippen LogP contribution in [0.3, 0.4) is 0 Å². The highest BCUT2D eigenvalue weighted by molar-refractivity contribution is 6.28. The van der Waals surface area contributed by atoms with Gasteiger partial charge < -0.3 is 5.73 Å². The van der Waals surface area contributed by atoms with Gasteiger partial charge in [-0.2, -0.15) is 0 Å². The number of nitrogens with zero attached hydrogens (tertiary/aromatic N) is 2. The van der Waals surface area contributed by atoms with Gasteiger partial charge in [-0.05, 0) is 30.2 Å². The number of hydrogen-bond donors (Lipinski definition) is 1. The summed E-state index contributed by atoms with van der Waals surface area (Å²) in [7, 11) is 0. The zero-order valence-corrected chi connectivity index (χ0v) is 7.84. The van der Waals surface area contributed by atoms with E-state index in [2.05, 4.69) is 9.97 Å². The lowest BCUT2D eigenvalue weighted by atomic mass is 10.1. The minimum absolute atomic E-state index is 0.190. The van der Waals surface area contributed by atoms with Gasteiger partial charge in [0, 0.05) is 5.39 Å². The fraction of sp³-hybridized carbons (Fsp3) is 0.111. The van der Waals surface area contributed by atoms with Gasteiger partial charge in [0.2, 0.25) is 5.28 Å². The molecule has 2 rings (SSSR count). The molecule has 3 nitrogen and oxygen atoms in total. The summed E-state index contributed by atoms with van der Waals surface area (Å²) in [5.74, 6) is 0.438. The van der Waals surface area contributed by atoms with Gasteiger partial charge in [-0.15, -0.1) is 0 Å². The number of aryl methyl sites for hydroxylation is 1. The Morgan fingerprint density at radius 3 is 2.85 bits per heavy atom.